The summed E-state index contributed by atoms with van der Waals surface area (Å²) in [6.07, 6.45) is 6.52. The smallest absolute Gasteiger partial charge is 0.0215 e. The van der Waals surface area contributed by atoms with E-state index in [1.54, 1.807) is 0 Å². The summed E-state index contributed by atoms with van der Waals surface area (Å²) in [5, 5.41) is 0. The van der Waals surface area contributed by atoms with Crippen molar-refractivity contribution in [3.05, 3.63) is 34.9 Å². The van der Waals surface area contributed by atoms with Crippen molar-refractivity contribution in [1.29, 1.82) is 0 Å². The average Bonchev–Trinajstić information content (AvgIpc) is 2.18. The van der Waals surface area contributed by atoms with Crippen molar-refractivity contribution in [2.75, 3.05) is 0 Å². The van der Waals surface area contributed by atoms with Crippen molar-refractivity contribution in [3.8, 4) is 0 Å². The molecule has 0 heteroatoms. The maximum atomic E-state index is 2.20. The van der Waals surface area contributed by atoms with E-state index in [-0.39, 0.29) is 0 Å². The van der Waals surface area contributed by atoms with Gasteiger partial charge in [-0.15, -0.1) is 0 Å². The van der Waals surface area contributed by atoms with Crippen molar-refractivity contribution < 1.29 is 0 Å². The van der Waals surface area contributed by atoms with E-state index in [4.69, 9.17) is 0 Å². The molecular formula is C7H6. The van der Waals surface area contributed by atoms with Gasteiger partial charge in [-0.3, -0.25) is 0 Å². The van der Waals surface area contributed by atoms with Crippen LogP contribution in [0.25, 0.3) is 0 Å². The Kier molecular flexibility index (Phi) is 0.343. The van der Waals surface area contributed by atoms with Gasteiger partial charge >= 0.3 is 0 Å². The normalized spacial score (nSPS) is 22.7. The van der Waals surface area contributed by atoms with Gasteiger partial charge in [0, 0.05) is 0 Å². The topological polar surface area (TPSA) is 0 Å². The van der Waals surface area contributed by atoms with Crippen LogP contribution in [0.4, 0.5) is 0 Å². The van der Waals surface area contributed by atoms with Crippen LogP contribution in [0.3, 0.4) is 0 Å². The lowest BCUT2D eigenvalue weighted by Gasteiger charge is -2.06. The van der Waals surface area contributed by atoms with Crippen LogP contribution >= 0.6 is 0 Å². The van der Waals surface area contributed by atoms with Gasteiger partial charge in [0.2, 0.25) is 0 Å². The third-order valence-electron chi connectivity index (χ3n) is 1.62. The molecule has 0 atom stereocenters. The lowest BCUT2D eigenvalue weighted by Crippen LogP contribution is -1.88. The van der Waals surface area contributed by atoms with Gasteiger partial charge in [0.05, 0.1) is 0 Å². The molecule has 0 aromatic heterocycles. The molecule has 7 heavy (non-hydrogen) atoms. The van der Waals surface area contributed by atoms with Crippen LogP contribution in [-0.4, -0.2) is 0 Å². The summed E-state index contributed by atoms with van der Waals surface area (Å²) in [5.41, 5.74) is 4.32. The Labute approximate surface area is 42.8 Å². The fraction of sp³-hybridized carbons (Fsp3) is 0.143. The van der Waals surface area contributed by atoms with Crippen LogP contribution < -0.4 is 0 Å². The monoisotopic (exact) mass is 90.0 g/mol. The third kappa shape index (κ3) is 0.206. The van der Waals surface area contributed by atoms with Gasteiger partial charge in [0.15, 0.2) is 0 Å². The first-order valence-electron chi connectivity index (χ1n) is 2.49. The van der Waals surface area contributed by atoms with Gasteiger partial charge < -0.3 is 0 Å². The molecule has 0 heterocycles. The lowest BCUT2D eigenvalue weighted by atomic mass is 9.98. The van der Waals surface area contributed by atoms with Crippen LogP contribution in [0, 0.1) is 0 Å². The molecule has 0 aliphatic heterocycles. The first kappa shape index (κ1) is 3.25. The van der Waals surface area contributed by atoms with E-state index in [0.29, 0.717) is 0 Å². The maximum Gasteiger partial charge on any atom is -0.0215 e. The zero-order valence-corrected chi connectivity index (χ0v) is 4.23. The second-order valence-corrected chi connectivity index (χ2v) is 2.01. The molecule has 3 aliphatic rings. The third-order valence-corrected chi connectivity index (χ3v) is 1.62. The van der Waals surface area contributed by atoms with Crippen LogP contribution in [0.2, 0.25) is 0 Å². The van der Waals surface area contributed by atoms with E-state index in [1.165, 1.54) is 16.7 Å². The first-order chi connectivity index (χ1) is 3.38. The Bertz CT molecular complexity index is 198. The van der Waals surface area contributed by atoms with Crippen LogP contribution in [0.1, 0.15) is 6.92 Å². The van der Waals surface area contributed by atoms with E-state index >= 15 is 0 Å². The molecule has 0 nitrogen and oxygen atoms in total. The zero-order chi connectivity index (χ0) is 4.85. The molecule has 0 saturated heterocycles. The number of hydrogen-bond acceptors (Lipinski definition) is 0. The highest BCUT2D eigenvalue weighted by Gasteiger charge is 2.15. The summed E-state index contributed by atoms with van der Waals surface area (Å²) in [6, 6.07) is 0. The molecule has 0 unspecified atom stereocenters. The Morgan fingerprint density at radius 2 is 2.14 bits per heavy atom. The van der Waals surface area contributed by atoms with Crippen molar-refractivity contribution >= 4 is 0 Å². The minimum atomic E-state index is 1.43. The molecule has 3 aliphatic carbocycles. The van der Waals surface area contributed by atoms with Gasteiger partial charge in [-0.25, -0.2) is 0 Å². The van der Waals surface area contributed by atoms with Gasteiger partial charge in [0.25, 0.3) is 0 Å². The summed E-state index contributed by atoms with van der Waals surface area (Å²) >= 11 is 0. The molecule has 0 radical (unpaired) electrons. The summed E-state index contributed by atoms with van der Waals surface area (Å²) in [5.74, 6) is 0. The van der Waals surface area contributed by atoms with Crippen molar-refractivity contribution in [2.24, 2.45) is 0 Å². The van der Waals surface area contributed by atoms with Crippen LogP contribution in [0.15, 0.2) is 34.9 Å². The van der Waals surface area contributed by atoms with Crippen LogP contribution in [0.5, 0.6) is 0 Å². The fourth-order valence-electron chi connectivity index (χ4n) is 0.999. The Morgan fingerprint density at radius 1 is 1.29 bits per heavy atom. The number of rotatable bonds is 0. The zero-order valence-electron chi connectivity index (χ0n) is 4.23. The minimum absolute atomic E-state index is 1.43. The number of allylic oxidation sites excluding steroid dienone is 6. The van der Waals surface area contributed by atoms with E-state index < -0.39 is 0 Å². The molecule has 0 N–H and O–H groups in total. The van der Waals surface area contributed by atoms with Gasteiger partial charge in [-0.2, -0.15) is 0 Å². The molecule has 2 bridgehead atoms. The number of hydrogen-bond donors (Lipinski definition) is 0. The summed E-state index contributed by atoms with van der Waals surface area (Å²) in [4.78, 5) is 0. The van der Waals surface area contributed by atoms with E-state index in [9.17, 15) is 0 Å². The molecule has 0 aromatic carbocycles. The molecule has 0 amide bonds. The predicted octanol–water partition coefficient (Wildman–Crippen LogP) is 1.81. The average molecular weight is 90.1 g/mol. The summed E-state index contributed by atoms with van der Waals surface area (Å²) < 4.78 is 0. The predicted molar refractivity (Wildman–Crippen MR) is 29.9 cm³/mol. The molecular weight excluding hydrogens is 84.1 g/mol. The molecule has 0 spiro atoms. The highest BCUT2D eigenvalue weighted by molar-refractivity contribution is 5.67. The molecule has 0 aromatic rings. The van der Waals surface area contributed by atoms with Crippen LogP contribution in [-0.2, 0) is 0 Å². The highest BCUT2D eigenvalue weighted by atomic mass is 14.2. The Morgan fingerprint density at radius 3 is 2.29 bits per heavy atom. The van der Waals surface area contributed by atoms with E-state index in [0.717, 1.165) is 0 Å². The maximum absolute atomic E-state index is 2.20. The van der Waals surface area contributed by atoms with Crippen molar-refractivity contribution in [3.63, 3.8) is 0 Å². The molecule has 0 fully saturated rings. The molecule has 34 valence electrons. The van der Waals surface area contributed by atoms with E-state index in [1.807, 2.05) is 0 Å². The quantitative estimate of drug-likeness (QED) is 0.425. The standard InChI is InChI=1S/C7H6/c1-5-6-2-3-7(5)4-6/h2-4H,1H3. The Balaban J connectivity index is 2.60. The van der Waals surface area contributed by atoms with Gasteiger partial charge in [-0.05, 0) is 29.7 Å². The SMILES string of the molecule is CC1=C2C=CC1=C2. The second-order valence-electron chi connectivity index (χ2n) is 2.01. The second kappa shape index (κ2) is 0.738. The minimum Gasteiger partial charge on any atom is -0.0541 e. The van der Waals surface area contributed by atoms with Crippen molar-refractivity contribution in [2.45, 2.75) is 6.92 Å². The summed E-state index contributed by atoms with van der Waals surface area (Å²) in [7, 11) is 0. The van der Waals surface area contributed by atoms with Crippen molar-refractivity contribution in [1.82, 2.24) is 0 Å². The van der Waals surface area contributed by atoms with Gasteiger partial charge in [-0.1, -0.05) is 12.2 Å². The lowest BCUT2D eigenvalue weighted by molar-refractivity contribution is 1.36. The first-order valence-corrected chi connectivity index (χ1v) is 2.49. The van der Waals surface area contributed by atoms with Gasteiger partial charge in [0.1, 0.15) is 0 Å². The Hall–Kier alpha value is -0.780. The highest BCUT2D eigenvalue weighted by Crippen LogP contribution is 2.34. The largest absolute Gasteiger partial charge is 0.0541 e. The fourth-order valence-corrected chi connectivity index (χ4v) is 0.999. The van der Waals surface area contributed by atoms with E-state index in [2.05, 4.69) is 25.2 Å². The molecule has 0 saturated carbocycles. The molecule has 3 rings (SSSR count). The summed E-state index contributed by atoms with van der Waals surface area (Å²) in [6.45, 7) is 2.16.